The molecule has 1 heterocycles. The van der Waals surface area contributed by atoms with Gasteiger partial charge < -0.3 is 15.7 Å². The molecular formula is C12H19N5O. The Morgan fingerprint density at radius 1 is 1.39 bits per heavy atom. The molecule has 0 radical (unpaired) electrons. The number of nitrogen functional groups attached to an aromatic ring is 1. The topological polar surface area (TPSA) is 99.1 Å². The molecule has 98 valence electrons. The van der Waals surface area contributed by atoms with E-state index in [1.54, 1.807) is 6.20 Å². The molecule has 1 saturated carbocycles. The number of hydrogen-bond donors (Lipinski definition) is 3. The zero-order valence-electron chi connectivity index (χ0n) is 10.5. The number of nitrogens with two attached hydrogens (primary N) is 1. The zero-order valence-corrected chi connectivity index (χ0v) is 10.5. The van der Waals surface area contributed by atoms with Crippen molar-refractivity contribution in [2.75, 3.05) is 11.9 Å². The lowest BCUT2D eigenvalue weighted by molar-refractivity contribution is 0.106. The number of anilines is 1. The van der Waals surface area contributed by atoms with Crippen molar-refractivity contribution in [3.05, 3.63) is 18.1 Å². The molecule has 18 heavy (non-hydrogen) atoms. The molecule has 0 amide bonds. The first-order valence-corrected chi connectivity index (χ1v) is 6.17. The van der Waals surface area contributed by atoms with E-state index >= 15 is 0 Å². The fourth-order valence-corrected chi connectivity index (χ4v) is 2.36. The minimum atomic E-state index is -0.307. The van der Waals surface area contributed by atoms with Gasteiger partial charge in [-0.25, -0.2) is 9.97 Å². The second kappa shape index (κ2) is 5.30. The molecule has 1 aromatic rings. The Bertz CT molecular complexity index is 419. The summed E-state index contributed by atoms with van der Waals surface area (Å²) in [5.74, 6) is 0.611. The molecule has 0 saturated heterocycles. The molecule has 4 N–H and O–H groups in total. The molecule has 0 spiro atoms. The summed E-state index contributed by atoms with van der Waals surface area (Å²) in [7, 11) is 1.91. The maximum absolute atomic E-state index is 10.00. The Morgan fingerprint density at radius 2 is 2.11 bits per heavy atom. The summed E-state index contributed by atoms with van der Waals surface area (Å²) in [5.41, 5.74) is 5.70. The number of hydrogen-bond acceptors (Lipinski definition) is 5. The van der Waals surface area contributed by atoms with E-state index in [-0.39, 0.29) is 18.0 Å². The quantitative estimate of drug-likeness (QED) is 0.535. The van der Waals surface area contributed by atoms with Crippen LogP contribution in [-0.2, 0) is 0 Å². The van der Waals surface area contributed by atoms with Crippen LogP contribution < -0.4 is 10.6 Å². The minimum Gasteiger partial charge on any atom is -0.391 e. The highest BCUT2D eigenvalue weighted by atomic mass is 16.3. The molecule has 0 bridgehead atoms. The molecule has 1 aliphatic rings. The van der Waals surface area contributed by atoms with Gasteiger partial charge in [0.25, 0.3) is 0 Å². The molecule has 0 aromatic carbocycles. The summed E-state index contributed by atoms with van der Waals surface area (Å²) < 4.78 is 0. The molecule has 2 unspecified atom stereocenters. The second-order valence-electron chi connectivity index (χ2n) is 4.70. The Hall–Kier alpha value is -1.69. The van der Waals surface area contributed by atoms with E-state index in [4.69, 9.17) is 11.1 Å². The summed E-state index contributed by atoms with van der Waals surface area (Å²) in [6, 6.07) is 0.0937. The highest BCUT2D eigenvalue weighted by Crippen LogP contribution is 2.25. The van der Waals surface area contributed by atoms with Gasteiger partial charge >= 0.3 is 0 Å². The van der Waals surface area contributed by atoms with Gasteiger partial charge in [-0.15, -0.1) is 0 Å². The van der Waals surface area contributed by atoms with Crippen molar-refractivity contribution in [3.63, 3.8) is 0 Å². The first-order valence-electron chi connectivity index (χ1n) is 6.17. The predicted octanol–water partition coefficient (Wildman–Crippen LogP) is 0.500. The maximum Gasteiger partial charge on any atom is 0.147 e. The van der Waals surface area contributed by atoms with E-state index in [9.17, 15) is 5.11 Å². The van der Waals surface area contributed by atoms with Crippen LogP contribution in [0, 0.1) is 5.41 Å². The Morgan fingerprint density at radius 3 is 2.67 bits per heavy atom. The van der Waals surface area contributed by atoms with Gasteiger partial charge in [0.2, 0.25) is 0 Å². The smallest absolute Gasteiger partial charge is 0.147 e. The lowest BCUT2D eigenvalue weighted by Gasteiger charge is -2.35. The molecule has 1 aromatic heterocycles. The van der Waals surface area contributed by atoms with Gasteiger partial charge in [0.15, 0.2) is 0 Å². The predicted molar refractivity (Wildman–Crippen MR) is 69.7 cm³/mol. The third-order valence-corrected chi connectivity index (χ3v) is 3.47. The number of aliphatic hydroxyl groups is 1. The number of likely N-dealkylation sites (N-methyl/N-ethyl adjacent to an activating group) is 1. The van der Waals surface area contributed by atoms with Crippen LogP contribution >= 0.6 is 0 Å². The number of rotatable bonds is 3. The van der Waals surface area contributed by atoms with Crippen LogP contribution in [0.3, 0.4) is 0 Å². The van der Waals surface area contributed by atoms with E-state index in [0.717, 1.165) is 25.7 Å². The van der Waals surface area contributed by atoms with Crippen molar-refractivity contribution < 1.29 is 5.11 Å². The van der Waals surface area contributed by atoms with Gasteiger partial charge in [0, 0.05) is 7.05 Å². The van der Waals surface area contributed by atoms with E-state index in [1.165, 1.54) is 6.20 Å². The van der Waals surface area contributed by atoms with Gasteiger partial charge in [-0.05, 0) is 12.8 Å². The minimum absolute atomic E-state index is 0.0885. The van der Waals surface area contributed by atoms with Crippen molar-refractivity contribution in [1.82, 2.24) is 9.97 Å². The fraction of sp³-hybridized carbons (Fsp3) is 0.583. The number of amidine groups is 1. The molecular weight excluding hydrogens is 230 g/mol. The van der Waals surface area contributed by atoms with Gasteiger partial charge in [-0.1, -0.05) is 12.8 Å². The fourth-order valence-electron chi connectivity index (χ4n) is 2.36. The van der Waals surface area contributed by atoms with Crippen molar-refractivity contribution >= 4 is 11.7 Å². The monoisotopic (exact) mass is 249 g/mol. The summed E-state index contributed by atoms with van der Waals surface area (Å²) in [6.45, 7) is 0. The molecule has 6 nitrogen and oxygen atoms in total. The summed E-state index contributed by atoms with van der Waals surface area (Å²) in [4.78, 5) is 10.3. The second-order valence-corrected chi connectivity index (χ2v) is 4.70. The van der Waals surface area contributed by atoms with E-state index in [2.05, 4.69) is 9.97 Å². The van der Waals surface area contributed by atoms with Gasteiger partial charge in [-0.3, -0.25) is 5.41 Å². The third kappa shape index (κ3) is 2.59. The van der Waals surface area contributed by atoms with E-state index in [0.29, 0.717) is 11.5 Å². The van der Waals surface area contributed by atoms with Gasteiger partial charge in [-0.2, -0.15) is 0 Å². The lowest BCUT2D eigenvalue weighted by atomic mass is 9.92. The summed E-state index contributed by atoms with van der Waals surface area (Å²) in [5, 5.41) is 17.3. The standard InChI is InChI=1S/C12H19N5O/c1-17(9-4-2-3-5-10(9)18)11-7-15-8(6-16-11)12(13)14/h6-7,9-10,18H,2-5H2,1H3,(H3,13,14). The normalized spacial score (nSPS) is 23.7. The van der Waals surface area contributed by atoms with Crippen molar-refractivity contribution in [2.45, 2.75) is 37.8 Å². The SMILES string of the molecule is CN(c1cnc(C(=N)N)cn1)C1CCCCC1O. The van der Waals surface area contributed by atoms with Crippen LogP contribution in [0.5, 0.6) is 0 Å². The number of aliphatic hydroxyl groups excluding tert-OH is 1. The molecule has 1 fully saturated rings. The molecule has 1 aliphatic carbocycles. The number of nitrogens with one attached hydrogen (secondary N) is 1. The molecule has 2 atom stereocenters. The van der Waals surface area contributed by atoms with Crippen LogP contribution in [0.1, 0.15) is 31.4 Å². The van der Waals surface area contributed by atoms with Gasteiger partial charge in [0.05, 0.1) is 24.5 Å². The van der Waals surface area contributed by atoms with Crippen LogP contribution in [0.15, 0.2) is 12.4 Å². The van der Waals surface area contributed by atoms with Crippen LogP contribution in [0.4, 0.5) is 5.82 Å². The number of nitrogens with zero attached hydrogens (tertiary/aromatic N) is 3. The lowest BCUT2D eigenvalue weighted by Crippen LogP contribution is -2.43. The Balaban J connectivity index is 2.12. The molecule has 2 rings (SSSR count). The third-order valence-electron chi connectivity index (χ3n) is 3.47. The largest absolute Gasteiger partial charge is 0.391 e. The molecule has 0 aliphatic heterocycles. The average Bonchev–Trinajstić information content (AvgIpc) is 2.38. The van der Waals surface area contributed by atoms with Crippen molar-refractivity contribution in [3.8, 4) is 0 Å². The first-order chi connectivity index (χ1) is 8.59. The van der Waals surface area contributed by atoms with E-state index < -0.39 is 0 Å². The van der Waals surface area contributed by atoms with Crippen molar-refractivity contribution in [2.24, 2.45) is 5.73 Å². The summed E-state index contributed by atoms with van der Waals surface area (Å²) >= 11 is 0. The van der Waals surface area contributed by atoms with Crippen LogP contribution in [0.25, 0.3) is 0 Å². The van der Waals surface area contributed by atoms with E-state index in [1.807, 2.05) is 11.9 Å². The Labute approximate surface area is 106 Å². The van der Waals surface area contributed by atoms with Crippen LogP contribution in [0.2, 0.25) is 0 Å². The molecule has 6 heteroatoms. The number of aromatic nitrogens is 2. The average molecular weight is 249 g/mol. The zero-order chi connectivity index (χ0) is 13.1. The van der Waals surface area contributed by atoms with Crippen molar-refractivity contribution in [1.29, 1.82) is 5.41 Å². The van der Waals surface area contributed by atoms with Crippen LogP contribution in [-0.4, -0.2) is 40.1 Å². The van der Waals surface area contributed by atoms with Gasteiger partial charge in [0.1, 0.15) is 17.3 Å². The highest BCUT2D eigenvalue weighted by Gasteiger charge is 2.27. The maximum atomic E-state index is 10.00. The summed E-state index contributed by atoms with van der Waals surface area (Å²) in [6.07, 6.45) is 6.80. The first kappa shape index (κ1) is 12.8. The Kier molecular flexibility index (Phi) is 3.76. The highest BCUT2D eigenvalue weighted by molar-refractivity contribution is 5.92.